The molecule has 56 heavy (non-hydrogen) atoms. The molecule has 1 aliphatic rings. The van der Waals surface area contributed by atoms with Gasteiger partial charge in [-0.2, -0.15) is 0 Å². The summed E-state index contributed by atoms with van der Waals surface area (Å²) in [5.41, 5.74) is 7.42. The molecule has 0 amide bonds. The van der Waals surface area contributed by atoms with Gasteiger partial charge in [0, 0.05) is 44.0 Å². The molecule has 5 heteroatoms. The molecule has 0 radical (unpaired) electrons. The van der Waals surface area contributed by atoms with Gasteiger partial charge in [-0.15, -0.1) is 0 Å². The quantitative estimate of drug-likeness (QED) is 0.170. The predicted molar refractivity (Wildman–Crippen MR) is 229 cm³/mol. The zero-order valence-electron chi connectivity index (χ0n) is 30.1. The summed E-state index contributed by atoms with van der Waals surface area (Å²) in [5, 5.41) is 11.1. The van der Waals surface area contributed by atoms with Crippen molar-refractivity contribution in [2.24, 2.45) is 0 Å². The highest BCUT2D eigenvalue weighted by Crippen LogP contribution is 2.43. The summed E-state index contributed by atoms with van der Waals surface area (Å²) in [5.74, 6) is 2.08. The van der Waals surface area contributed by atoms with Gasteiger partial charge in [-0.25, -0.2) is 15.0 Å². The standard InChI is InChI=1S/C51H31N3O2/c1-2-13-31(14-3-1)49-52-50(54-51(53-49)42-28-32-15-5-6-16-34(32)37-18-8-9-19-38(37)42)41-21-11-22-43-47(41)39-26-25-33(29-45(39)55-43)35-20-10-23-44-46(35)40-27-24-30-12-4-7-17-36(30)48(40)56-44/h1-13,15-29,31H,14H2. The molecule has 1 unspecified atom stereocenters. The predicted octanol–water partition coefficient (Wildman–Crippen LogP) is 13.7. The van der Waals surface area contributed by atoms with E-state index in [9.17, 15) is 0 Å². The lowest BCUT2D eigenvalue weighted by atomic mass is 9.96. The van der Waals surface area contributed by atoms with Gasteiger partial charge in [-0.1, -0.05) is 133 Å². The second kappa shape index (κ2) is 12.1. The average Bonchev–Trinajstić information content (AvgIpc) is 3.85. The highest BCUT2D eigenvalue weighted by atomic mass is 16.3. The Hall–Kier alpha value is -7.37. The van der Waals surface area contributed by atoms with Crippen molar-refractivity contribution in [3.05, 3.63) is 176 Å². The molecule has 0 aliphatic heterocycles. The summed E-state index contributed by atoms with van der Waals surface area (Å²) in [6.07, 6.45) is 9.35. The van der Waals surface area contributed by atoms with Crippen LogP contribution in [0.25, 0.3) is 110 Å². The average molecular weight is 718 g/mol. The first-order valence-electron chi connectivity index (χ1n) is 19.0. The van der Waals surface area contributed by atoms with Crippen LogP contribution >= 0.6 is 0 Å². The van der Waals surface area contributed by atoms with Crippen LogP contribution in [0, 0.1) is 0 Å². The van der Waals surface area contributed by atoms with Crippen LogP contribution in [0.1, 0.15) is 18.2 Å². The fourth-order valence-electron chi connectivity index (χ4n) is 8.78. The Bertz CT molecular complexity index is 3480. The van der Waals surface area contributed by atoms with Crippen molar-refractivity contribution in [1.29, 1.82) is 0 Å². The number of benzene rings is 8. The second-order valence-corrected chi connectivity index (χ2v) is 14.6. The monoisotopic (exact) mass is 717 g/mol. The number of nitrogens with zero attached hydrogens (tertiary/aromatic N) is 3. The fraction of sp³-hybridized carbons (Fsp3) is 0.0392. The number of hydrogen-bond acceptors (Lipinski definition) is 5. The normalized spacial score (nSPS) is 14.4. The number of rotatable bonds is 4. The third-order valence-electron chi connectivity index (χ3n) is 11.4. The Morgan fingerprint density at radius 2 is 1.14 bits per heavy atom. The summed E-state index contributed by atoms with van der Waals surface area (Å²) in [6.45, 7) is 0. The molecule has 12 rings (SSSR count). The van der Waals surface area contributed by atoms with Crippen LogP contribution < -0.4 is 0 Å². The van der Waals surface area contributed by atoms with E-state index in [0.29, 0.717) is 11.6 Å². The first-order chi connectivity index (χ1) is 27.7. The minimum Gasteiger partial charge on any atom is -0.456 e. The topological polar surface area (TPSA) is 65.0 Å². The van der Waals surface area contributed by atoms with E-state index in [-0.39, 0.29) is 5.92 Å². The van der Waals surface area contributed by atoms with Crippen LogP contribution in [0.5, 0.6) is 0 Å². The van der Waals surface area contributed by atoms with Gasteiger partial charge in [0.2, 0.25) is 0 Å². The van der Waals surface area contributed by atoms with E-state index in [1.807, 2.05) is 12.1 Å². The van der Waals surface area contributed by atoms with Crippen LogP contribution in [0.15, 0.2) is 179 Å². The van der Waals surface area contributed by atoms with Crippen molar-refractivity contribution in [2.75, 3.05) is 0 Å². The van der Waals surface area contributed by atoms with E-state index in [4.69, 9.17) is 23.8 Å². The number of allylic oxidation sites excluding steroid dienone is 4. The lowest BCUT2D eigenvalue weighted by Crippen LogP contribution is -2.08. The lowest BCUT2D eigenvalue weighted by Gasteiger charge is -2.16. The maximum absolute atomic E-state index is 6.67. The SMILES string of the molecule is C1=CCC(c2nc(-c3cc4ccccc4c4ccccc34)nc(-c3cccc4oc5cc(-c6cccc7oc8c9ccccc9ccc8c67)ccc5c34)n2)C=C1. The van der Waals surface area contributed by atoms with Crippen LogP contribution in [-0.2, 0) is 0 Å². The fourth-order valence-corrected chi connectivity index (χ4v) is 8.78. The van der Waals surface area contributed by atoms with Gasteiger partial charge in [0.25, 0.3) is 0 Å². The Labute approximate surface area is 320 Å². The number of aromatic nitrogens is 3. The van der Waals surface area contributed by atoms with E-state index >= 15 is 0 Å². The Balaban J connectivity index is 1.05. The maximum atomic E-state index is 6.67. The van der Waals surface area contributed by atoms with Gasteiger partial charge in [-0.05, 0) is 80.9 Å². The van der Waals surface area contributed by atoms with Gasteiger partial charge < -0.3 is 8.83 Å². The molecule has 0 bridgehead atoms. The molecule has 0 spiro atoms. The van der Waals surface area contributed by atoms with Crippen LogP contribution in [0.3, 0.4) is 0 Å². The van der Waals surface area contributed by atoms with Crippen LogP contribution in [0.4, 0.5) is 0 Å². The Morgan fingerprint density at radius 3 is 1.98 bits per heavy atom. The molecule has 0 saturated carbocycles. The van der Waals surface area contributed by atoms with Gasteiger partial charge >= 0.3 is 0 Å². The van der Waals surface area contributed by atoms with Crippen LogP contribution in [0.2, 0.25) is 0 Å². The largest absolute Gasteiger partial charge is 0.456 e. The molecule has 5 nitrogen and oxygen atoms in total. The minimum absolute atomic E-state index is 0.0368. The summed E-state index contributed by atoms with van der Waals surface area (Å²) in [6, 6.07) is 51.0. The summed E-state index contributed by atoms with van der Waals surface area (Å²) >= 11 is 0. The second-order valence-electron chi connectivity index (χ2n) is 14.6. The molecule has 3 heterocycles. The Morgan fingerprint density at radius 1 is 0.446 bits per heavy atom. The first-order valence-corrected chi connectivity index (χ1v) is 19.0. The molecule has 262 valence electrons. The van der Waals surface area contributed by atoms with Crippen LogP contribution in [-0.4, -0.2) is 15.0 Å². The summed E-state index contributed by atoms with van der Waals surface area (Å²) in [7, 11) is 0. The molecule has 0 fully saturated rings. The third kappa shape index (κ3) is 4.71. The maximum Gasteiger partial charge on any atom is 0.164 e. The molecule has 11 aromatic rings. The molecule has 0 saturated heterocycles. The zero-order chi connectivity index (χ0) is 36.7. The number of hydrogen-bond donors (Lipinski definition) is 0. The van der Waals surface area contributed by atoms with E-state index in [1.165, 1.54) is 10.8 Å². The summed E-state index contributed by atoms with van der Waals surface area (Å²) < 4.78 is 13.2. The van der Waals surface area contributed by atoms with Gasteiger partial charge in [0.1, 0.15) is 28.2 Å². The van der Waals surface area contributed by atoms with Crippen molar-refractivity contribution >= 4 is 76.2 Å². The third-order valence-corrected chi connectivity index (χ3v) is 11.4. The lowest BCUT2D eigenvalue weighted by molar-refractivity contribution is 0.669. The van der Waals surface area contributed by atoms with Crippen molar-refractivity contribution in [3.63, 3.8) is 0 Å². The van der Waals surface area contributed by atoms with E-state index in [1.54, 1.807) is 0 Å². The number of furan rings is 2. The number of fused-ring (bicyclic) bond motifs is 11. The molecular weight excluding hydrogens is 687 g/mol. The van der Waals surface area contributed by atoms with Crippen molar-refractivity contribution in [1.82, 2.24) is 15.0 Å². The minimum atomic E-state index is 0.0368. The smallest absolute Gasteiger partial charge is 0.164 e. The Kier molecular flexibility index (Phi) is 6.69. The highest BCUT2D eigenvalue weighted by molar-refractivity contribution is 6.20. The molecule has 1 aliphatic carbocycles. The molecular formula is C51H31N3O2. The van der Waals surface area contributed by atoms with E-state index in [0.717, 1.165) is 99.9 Å². The zero-order valence-corrected chi connectivity index (χ0v) is 30.1. The van der Waals surface area contributed by atoms with Gasteiger partial charge in [-0.3, -0.25) is 0 Å². The van der Waals surface area contributed by atoms with Crippen molar-refractivity contribution < 1.29 is 8.83 Å². The van der Waals surface area contributed by atoms with E-state index < -0.39 is 0 Å². The van der Waals surface area contributed by atoms with Crippen molar-refractivity contribution in [3.8, 4) is 33.9 Å². The first kappa shape index (κ1) is 31.0. The molecule has 8 aromatic carbocycles. The molecule has 3 aromatic heterocycles. The van der Waals surface area contributed by atoms with Gasteiger partial charge in [0.05, 0.1) is 0 Å². The highest BCUT2D eigenvalue weighted by Gasteiger charge is 2.22. The van der Waals surface area contributed by atoms with Gasteiger partial charge in [0.15, 0.2) is 11.6 Å². The van der Waals surface area contributed by atoms with Crippen molar-refractivity contribution in [2.45, 2.75) is 12.3 Å². The van der Waals surface area contributed by atoms with E-state index in [2.05, 4.69) is 158 Å². The molecule has 0 N–H and O–H groups in total. The summed E-state index contributed by atoms with van der Waals surface area (Å²) in [4.78, 5) is 15.7. The molecule has 1 atom stereocenters.